The molecule has 0 bridgehead atoms. The lowest BCUT2D eigenvalue weighted by molar-refractivity contribution is -0.128. The number of piperazine rings is 1. The first-order chi connectivity index (χ1) is 13.7. The molecule has 3 nitrogen and oxygen atoms in total. The predicted octanol–water partition coefficient (Wildman–Crippen LogP) is 4.59. The Kier molecular flexibility index (Phi) is 5.54. The molecule has 1 heterocycles. The molecule has 0 N–H and O–H groups in total. The highest BCUT2D eigenvalue weighted by atomic mass is 16.2. The largest absolute Gasteiger partial charge is 0.336 e. The number of nitrogens with zero attached hydrogens (tertiary/aromatic N) is 2. The quantitative estimate of drug-likeness (QED) is 0.627. The van der Waals surface area contributed by atoms with E-state index in [2.05, 4.69) is 53.4 Å². The summed E-state index contributed by atoms with van der Waals surface area (Å²) in [7, 11) is 0. The zero-order valence-corrected chi connectivity index (χ0v) is 16.3. The van der Waals surface area contributed by atoms with Crippen LogP contribution in [0.2, 0.25) is 0 Å². The maximum atomic E-state index is 12.9. The minimum absolute atomic E-state index is 0.146. The number of benzene rings is 3. The number of carbonyl (C=O) groups is 1. The monoisotopic (exact) mass is 370 g/mol. The summed E-state index contributed by atoms with van der Waals surface area (Å²) in [4.78, 5) is 17.3. The van der Waals surface area contributed by atoms with E-state index in [-0.39, 0.29) is 5.91 Å². The number of fused-ring (bicyclic) bond motifs is 1. The van der Waals surface area contributed by atoms with E-state index in [4.69, 9.17) is 0 Å². The Hall–Kier alpha value is -2.91. The summed E-state index contributed by atoms with van der Waals surface area (Å²) < 4.78 is 0. The second-order valence-electron chi connectivity index (χ2n) is 7.45. The summed E-state index contributed by atoms with van der Waals surface area (Å²) in [6, 6.07) is 25.1. The first-order valence-electron chi connectivity index (χ1n) is 9.92. The lowest BCUT2D eigenvalue weighted by Gasteiger charge is -2.35. The topological polar surface area (TPSA) is 23.6 Å². The van der Waals surface area contributed by atoms with Gasteiger partial charge in [0.15, 0.2) is 0 Å². The van der Waals surface area contributed by atoms with E-state index in [1.807, 2.05) is 42.2 Å². The zero-order valence-electron chi connectivity index (χ0n) is 16.3. The van der Waals surface area contributed by atoms with Crippen LogP contribution in [0.15, 0.2) is 78.4 Å². The highest BCUT2D eigenvalue weighted by molar-refractivity contribution is 6.00. The molecule has 28 heavy (non-hydrogen) atoms. The van der Waals surface area contributed by atoms with Crippen LogP contribution in [-0.4, -0.2) is 41.9 Å². The molecule has 0 radical (unpaired) electrons. The third kappa shape index (κ3) is 4.15. The molecular formula is C25H26N2O. The van der Waals surface area contributed by atoms with Crippen molar-refractivity contribution in [3.8, 4) is 0 Å². The van der Waals surface area contributed by atoms with Gasteiger partial charge in [0.1, 0.15) is 0 Å². The normalized spacial score (nSPS) is 15.8. The third-order valence-electron chi connectivity index (χ3n) is 5.44. The van der Waals surface area contributed by atoms with Crippen molar-refractivity contribution in [2.45, 2.75) is 13.5 Å². The number of carbonyl (C=O) groups excluding carboxylic acids is 1. The second-order valence-corrected chi connectivity index (χ2v) is 7.45. The van der Waals surface area contributed by atoms with Crippen LogP contribution in [0.4, 0.5) is 0 Å². The Morgan fingerprint density at radius 1 is 0.857 bits per heavy atom. The van der Waals surface area contributed by atoms with Gasteiger partial charge in [-0.1, -0.05) is 72.8 Å². The van der Waals surface area contributed by atoms with Gasteiger partial charge in [0.2, 0.25) is 5.91 Å². The van der Waals surface area contributed by atoms with Gasteiger partial charge >= 0.3 is 0 Å². The van der Waals surface area contributed by atoms with Crippen LogP contribution in [-0.2, 0) is 11.3 Å². The summed E-state index contributed by atoms with van der Waals surface area (Å²) in [6.45, 7) is 6.29. The molecule has 1 aliphatic rings. The van der Waals surface area contributed by atoms with Gasteiger partial charge in [-0.2, -0.15) is 0 Å². The SMILES string of the molecule is C/C(=C\c1cccc2ccccc12)C(=O)N1CCN(Cc2ccccc2)CC1. The van der Waals surface area contributed by atoms with Crippen LogP contribution in [0.3, 0.4) is 0 Å². The first-order valence-corrected chi connectivity index (χ1v) is 9.92. The predicted molar refractivity (Wildman–Crippen MR) is 116 cm³/mol. The van der Waals surface area contributed by atoms with Crippen LogP contribution < -0.4 is 0 Å². The van der Waals surface area contributed by atoms with E-state index in [1.54, 1.807) is 0 Å². The smallest absolute Gasteiger partial charge is 0.249 e. The molecule has 1 fully saturated rings. The molecule has 0 unspecified atom stereocenters. The van der Waals surface area contributed by atoms with Gasteiger partial charge in [0.25, 0.3) is 0 Å². The minimum atomic E-state index is 0.146. The molecule has 142 valence electrons. The van der Waals surface area contributed by atoms with Crippen molar-refractivity contribution in [1.82, 2.24) is 9.80 Å². The fourth-order valence-electron chi connectivity index (χ4n) is 3.87. The Morgan fingerprint density at radius 3 is 2.32 bits per heavy atom. The van der Waals surface area contributed by atoms with Gasteiger partial charge in [-0.3, -0.25) is 9.69 Å². The highest BCUT2D eigenvalue weighted by Crippen LogP contribution is 2.21. The zero-order chi connectivity index (χ0) is 19.3. The number of rotatable bonds is 4. The summed E-state index contributed by atoms with van der Waals surface area (Å²) >= 11 is 0. The van der Waals surface area contributed by atoms with Gasteiger partial charge in [0.05, 0.1) is 0 Å². The minimum Gasteiger partial charge on any atom is -0.336 e. The lowest BCUT2D eigenvalue weighted by Crippen LogP contribution is -2.48. The van der Waals surface area contributed by atoms with Crippen LogP contribution >= 0.6 is 0 Å². The maximum absolute atomic E-state index is 12.9. The van der Waals surface area contributed by atoms with Crippen LogP contribution in [0.1, 0.15) is 18.1 Å². The van der Waals surface area contributed by atoms with Gasteiger partial charge in [-0.05, 0) is 34.9 Å². The fraction of sp³-hybridized carbons (Fsp3) is 0.240. The van der Waals surface area contributed by atoms with Crippen LogP contribution in [0.25, 0.3) is 16.8 Å². The van der Waals surface area contributed by atoms with Crippen molar-refractivity contribution in [3.05, 3.63) is 89.5 Å². The summed E-state index contributed by atoms with van der Waals surface area (Å²) in [6.07, 6.45) is 2.03. The van der Waals surface area contributed by atoms with Gasteiger partial charge in [-0.15, -0.1) is 0 Å². The molecule has 0 aromatic heterocycles. The summed E-state index contributed by atoms with van der Waals surface area (Å²) in [5.41, 5.74) is 3.23. The van der Waals surface area contributed by atoms with Gasteiger partial charge < -0.3 is 4.90 Å². The fourth-order valence-corrected chi connectivity index (χ4v) is 3.87. The molecule has 4 rings (SSSR count). The van der Waals surface area contributed by atoms with E-state index < -0.39 is 0 Å². The molecule has 0 aliphatic carbocycles. The Labute approximate surface area is 166 Å². The molecule has 0 atom stereocenters. The van der Waals surface area contributed by atoms with Crippen LogP contribution in [0, 0.1) is 0 Å². The molecule has 0 spiro atoms. The number of hydrogen-bond donors (Lipinski definition) is 0. The molecule has 1 aliphatic heterocycles. The summed E-state index contributed by atoms with van der Waals surface area (Å²) in [5, 5.41) is 2.39. The lowest BCUT2D eigenvalue weighted by atomic mass is 10.0. The Bertz CT molecular complexity index is 980. The van der Waals surface area contributed by atoms with Crippen molar-refractivity contribution >= 4 is 22.8 Å². The molecule has 3 aromatic rings. The van der Waals surface area contributed by atoms with Crippen molar-refractivity contribution in [2.75, 3.05) is 26.2 Å². The average molecular weight is 370 g/mol. The molecule has 1 saturated heterocycles. The summed E-state index contributed by atoms with van der Waals surface area (Å²) in [5.74, 6) is 0.146. The van der Waals surface area contributed by atoms with Crippen molar-refractivity contribution < 1.29 is 4.79 Å². The number of amides is 1. The maximum Gasteiger partial charge on any atom is 0.249 e. The number of hydrogen-bond acceptors (Lipinski definition) is 2. The molecule has 3 aromatic carbocycles. The molecule has 3 heteroatoms. The van der Waals surface area contributed by atoms with E-state index >= 15 is 0 Å². The van der Waals surface area contributed by atoms with E-state index in [0.29, 0.717) is 0 Å². The van der Waals surface area contributed by atoms with Crippen LogP contribution in [0.5, 0.6) is 0 Å². The Balaban J connectivity index is 1.41. The molecule has 0 saturated carbocycles. The molecular weight excluding hydrogens is 344 g/mol. The second kappa shape index (κ2) is 8.41. The standard InChI is InChI=1S/C25H26N2O/c1-20(18-23-12-7-11-22-10-5-6-13-24(22)23)25(28)27-16-14-26(15-17-27)19-21-8-3-2-4-9-21/h2-13,18H,14-17,19H2,1H3/b20-18+. The average Bonchev–Trinajstić information content (AvgIpc) is 2.75. The van der Waals surface area contributed by atoms with Crippen molar-refractivity contribution in [3.63, 3.8) is 0 Å². The third-order valence-corrected chi connectivity index (χ3v) is 5.44. The first kappa shape index (κ1) is 18.5. The van der Waals surface area contributed by atoms with E-state index in [1.165, 1.54) is 16.3 Å². The Morgan fingerprint density at radius 2 is 1.54 bits per heavy atom. The van der Waals surface area contributed by atoms with Crippen molar-refractivity contribution in [1.29, 1.82) is 0 Å². The molecule has 1 amide bonds. The van der Waals surface area contributed by atoms with E-state index in [9.17, 15) is 4.79 Å². The highest BCUT2D eigenvalue weighted by Gasteiger charge is 2.22. The van der Waals surface area contributed by atoms with Crippen molar-refractivity contribution in [2.24, 2.45) is 0 Å². The van der Waals surface area contributed by atoms with E-state index in [0.717, 1.165) is 43.9 Å². The van der Waals surface area contributed by atoms with Gasteiger partial charge in [-0.25, -0.2) is 0 Å². The van der Waals surface area contributed by atoms with Gasteiger partial charge in [0, 0.05) is 38.3 Å².